The summed E-state index contributed by atoms with van der Waals surface area (Å²) in [6.07, 6.45) is 1.02. The highest BCUT2D eigenvalue weighted by atomic mass is 35.5. The second-order valence-electron chi connectivity index (χ2n) is 5.01. The van der Waals surface area contributed by atoms with Crippen molar-refractivity contribution in [3.05, 3.63) is 63.5 Å². The topological polar surface area (TPSA) is 77.8 Å². The van der Waals surface area contributed by atoms with Gasteiger partial charge >= 0.3 is 5.69 Å². The number of carbonyl (C=O) groups is 1. The molecule has 0 atom stereocenters. The molecule has 112 valence electrons. The van der Waals surface area contributed by atoms with Crippen molar-refractivity contribution < 1.29 is 4.79 Å². The molecule has 5 nitrogen and oxygen atoms in total. The first kappa shape index (κ1) is 14.4. The van der Waals surface area contributed by atoms with Gasteiger partial charge in [0, 0.05) is 17.1 Å². The molecule has 22 heavy (non-hydrogen) atoms. The minimum Gasteiger partial charge on any atom is -0.326 e. The van der Waals surface area contributed by atoms with Gasteiger partial charge in [-0.15, -0.1) is 0 Å². The second-order valence-corrected chi connectivity index (χ2v) is 5.45. The third-order valence-electron chi connectivity index (χ3n) is 3.35. The molecule has 0 bridgehead atoms. The number of aromatic amines is 2. The molecular formula is C16H14ClN3O2. The quantitative estimate of drug-likeness (QED) is 0.692. The van der Waals surface area contributed by atoms with Crippen LogP contribution >= 0.6 is 11.6 Å². The van der Waals surface area contributed by atoms with Crippen LogP contribution in [-0.2, 0) is 11.2 Å². The van der Waals surface area contributed by atoms with E-state index >= 15 is 0 Å². The maximum absolute atomic E-state index is 12.0. The summed E-state index contributed by atoms with van der Waals surface area (Å²) in [6, 6.07) is 12.7. The zero-order valence-corrected chi connectivity index (χ0v) is 12.4. The van der Waals surface area contributed by atoms with Crippen LogP contribution in [0.2, 0.25) is 5.02 Å². The molecule has 0 aliphatic rings. The number of nitrogens with one attached hydrogen (secondary N) is 3. The number of aryl methyl sites for hydroxylation is 1. The molecule has 0 fully saturated rings. The van der Waals surface area contributed by atoms with Crippen LogP contribution in [0, 0.1) is 0 Å². The molecule has 0 spiro atoms. The van der Waals surface area contributed by atoms with Gasteiger partial charge in [0.25, 0.3) is 0 Å². The number of benzene rings is 2. The van der Waals surface area contributed by atoms with Crippen molar-refractivity contribution in [1.29, 1.82) is 0 Å². The number of imidazole rings is 1. The van der Waals surface area contributed by atoms with Crippen molar-refractivity contribution in [1.82, 2.24) is 9.97 Å². The van der Waals surface area contributed by atoms with Crippen LogP contribution in [0.4, 0.5) is 5.69 Å². The number of fused-ring (bicyclic) bond motifs is 1. The van der Waals surface area contributed by atoms with E-state index in [0.717, 1.165) is 5.56 Å². The number of hydrogen-bond acceptors (Lipinski definition) is 2. The minimum atomic E-state index is -0.263. The van der Waals surface area contributed by atoms with Gasteiger partial charge in [-0.3, -0.25) is 4.79 Å². The SMILES string of the molecule is O=C(CCc1ccc(Cl)cc1)Nc1ccc2[nH]c(=O)[nH]c2c1. The van der Waals surface area contributed by atoms with Gasteiger partial charge in [-0.2, -0.15) is 0 Å². The molecule has 1 amide bonds. The summed E-state index contributed by atoms with van der Waals surface area (Å²) in [7, 11) is 0. The fraction of sp³-hybridized carbons (Fsp3) is 0.125. The number of H-pyrrole nitrogens is 2. The third kappa shape index (κ3) is 3.38. The summed E-state index contributed by atoms with van der Waals surface area (Å²) in [4.78, 5) is 28.5. The molecule has 0 saturated heterocycles. The second kappa shape index (κ2) is 6.07. The molecule has 2 aromatic carbocycles. The third-order valence-corrected chi connectivity index (χ3v) is 3.61. The highest BCUT2D eigenvalue weighted by Crippen LogP contribution is 2.15. The Morgan fingerprint density at radius 3 is 2.55 bits per heavy atom. The van der Waals surface area contributed by atoms with E-state index in [1.165, 1.54) is 0 Å². The van der Waals surface area contributed by atoms with Crippen molar-refractivity contribution in [3.8, 4) is 0 Å². The molecule has 0 saturated carbocycles. The van der Waals surface area contributed by atoms with Gasteiger partial charge in [-0.05, 0) is 42.3 Å². The molecule has 1 aromatic heterocycles. The van der Waals surface area contributed by atoms with E-state index in [-0.39, 0.29) is 11.6 Å². The summed E-state index contributed by atoms with van der Waals surface area (Å²) in [5.74, 6) is -0.0767. The summed E-state index contributed by atoms with van der Waals surface area (Å²) in [5.41, 5.74) is 2.83. The van der Waals surface area contributed by atoms with Crippen LogP contribution in [0.3, 0.4) is 0 Å². The van der Waals surface area contributed by atoms with Gasteiger partial charge in [-0.1, -0.05) is 23.7 Å². The standard InChI is InChI=1S/C16H14ClN3O2/c17-11-4-1-10(2-5-11)3-8-15(21)18-12-6-7-13-14(9-12)20-16(22)19-13/h1-2,4-7,9H,3,8H2,(H,18,21)(H2,19,20,22). The van der Waals surface area contributed by atoms with Crippen molar-refractivity contribution in [2.24, 2.45) is 0 Å². The largest absolute Gasteiger partial charge is 0.326 e. The molecule has 6 heteroatoms. The van der Waals surface area contributed by atoms with Crippen molar-refractivity contribution in [3.63, 3.8) is 0 Å². The van der Waals surface area contributed by atoms with Crippen LogP contribution in [0.15, 0.2) is 47.3 Å². The van der Waals surface area contributed by atoms with Gasteiger partial charge < -0.3 is 15.3 Å². The maximum Gasteiger partial charge on any atom is 0.323 e. The zero-order chi connectivity index (χ0) is 15.5. The lowest BCUT2D eigenvalue weighted by molar-refractivity contribution is -0.116. The number of carbonyl (C=O) groups excluding carboxylic acids is 1. The summed E-state index contributed by atoms with van der Waals surface area (Å²) in [6.45, 7) is 0. The number of amides is 1. The van der Waals surface area contributed by atoms with Crippen LogP contribution in [0.1, 0.15) is 12.0 Å². The predicted octanol–water partition coefficient (Wildman–Crippen LogP) is 3.08. The summed E-state index contributed by atoms with van der Waals surface area (Å²) in [5, 5.41) is 3.51. The number of anilines is 1. The molecule has 3 aromatic rings. The van der Waals surface area contributed by atoms with Crippen LogP contribution in [0.25, 0.3) is 11.0 Å². The molecule has 3 N–H and O–H groups in total. The van der Waals surface area contributed by atoms with E-state index in [1.54, 1.807) is 18.2 Å². The molecule has 0 radical (unpaired) electrons. The zero-order valence-electron chi connectivity index (χ0n) is 11.7. The van der Waals surface area contributed by atoms with E-state index in [4.69, 9.17) is 11.6 Å². The number of halogens is 1. The normalized spacial score (nSPS) is 10.8. The van der Waals surface area contributed by atoms with Crippen molar-refractivity contribution in [2.45, 2.75) is 12.8 Å². The van der Waals surface area contributed by atoms with Gasteiger partial charge in [0.05, 0.1) is 11.0 Å². The maximum atomic E-state index is 12.0. The Kier molecular flexibility index (Phi) is 3.98. The molecule has 3 rings (SSSR count). The average molecular weight is 316 g/mol. The fourth-order valence-electron chi connectivity index (χ4n) is 2.24. The Bertz CT molecular complexity index is 865. The first-order valence-electron chi connectivity index (χ1n) is 6.86. The molecule has 0 aliphatic heterocycles. The van der Waals surface area contributed by atoms with Crippen LogP contribution < -0.4 is 11.0 Å². The Morgan fingerprint density at radius 2 is 1.77 bits per heavy atom. The van der Waals surface area contributed by atoms with Gasteiger partial charge in [0.1, 0.15) is 0 Å². The van der Waals surface area contributed by atoms with E-state index in [9.17, 15) is 9.59 Å². The lowest BCUT2D eigenvalue weighted by atomic mass is 10.1. The fourth-order valence-corrected chi connectivity index (χ4v) is 2.37. The lowest BCUT2D eigenvalue weighted by Gasteiger charge is -2.05. The van der Waals surface area contributed by atoms with Crippen molar-refractivity contribution in [2.75, 3.05) is 5.32 Å². The number of rotatable bonds is 4. The number of hydrogen-bond donors (Lipinski definition) is 3. The highest BCUT2D eigenvalue weighted by molar-refractivity contribution is 6.30. The first-order chi connectivity index (χ1) is 10.6. The lowest BCUT2D eigenvalue weighted by Crippen LogP contribution is -2.12. The van der Waals surface area contributed by atoms with E-state index in [0.29, 0.717) is 34.6 Å². The molecule has 0 unspecified atom stereocenters. The van der Waals surface area contributed by atoms with Crippen LogP contribution in [-0.4, -0.2) is 15.9 Å². The first-order valence-corrected chi connectivity index (χ1v) is 7.24. The highest BCUT2D eigenvalue weighted by Gasteiger charge is 2.05. The van der Waals surface area contributed by atoms with Gasteiger partial charge in [-0.25, -0.2) is 4.79 Å². The Morgan fingerprint density at radius 1 is 1.05 bits per heavy atom. The Balaban J connectivity index is 1.62. The molecule has 0 aliphatic carbocycles. The molecular weight excluding hydrogens is 302 g/mol. The van der Waals surface area contributed by atoms with Gasteiger partial charge in [0.2, 0.25) is 5.91 Å². The van der Waals surface area contributed by atoms with Crippen molar-refractivity contribution >= 4 is 34.2 Å². The van der Waals surface area contributed by atoms with E-state index in [1.807, 2.05) is 24.3 Å². The average Bonchev–Trinajstić information content (AvgIpc) is 2.86. The Hall–Kier alpha value is -2.53. The molecule has 1 heterocycles. The number of aromatic nitrogens is 2. The summed E-state index contributed by atoms with van der Waals surface area (Å²) < 4.78 is 0. The summed E-state index contributed by atoms with van der Waals surface area (Å²) >= 11 is 5.82. The smallest absolute Gasteiger partial charge is 0.323 e. The monoisotopic (exact) mass is 315 g/mol. The predicted molar refractivity (Wildman–Crippen MR) is 87.3 cm³/mol. The van der Waals surface area contributed by atoms with Gasteiger partial charge in [0.15, 0.2) is 0 Å². The van der Waals surface area contributed by atoms with E-state index in [2.05, 4.69) is 15.3 Å². The minimum absolute atomic E-state index is 0.0767. The van der Waals surface area contributed by atoms with E-state index < -0.39 is 0 Å². The van der Waals surface area contributed by atoms with Crippen LogP contribution in [0.5, 0.6) is 0 Å². The Labute approximate surface area is 131 Å².